The van der Waals surface area contributed by atoms with Crippen LogP contribution in [0.25, 0.3) is 0 Å². The highest BCUT2D eigenvalue weighted by Gasteiger charge is 2.41. The van der Waals surface area contributed by atoms with Crippen molar-refractivity contribution in [3.8, 4) is 0 Å². The molecule has 0 radical (unpaired) electrons. The Morgan fingerprint density at radius 3 is 2.71 bits per heavy atom. The third kappa shape index (κ3) is 3.57. The molecule has 2 aliphatic rings. The van der Waals surface area contributed by atoms with E-state index in [1.807, 2.05) is 20.8 Å². The largest absolute Gasteiger partial charge is 0.378 e. The van der Waals surface area contributed by atoms with E-state index < -0.39 is 0 Å². The Bertz CT molecular complexity index is 380. The fourth-order valence-electron chi connectivity index (χ4n) is 3.23. The van der Waals surface area contributed by atoms with Crippen molar-refractivity contribution >= 4 is 11.8 Å². The molecule has 120 valence electrons. The first kappa shape index (κ1) is 16.3. The van der Waals surface area contributed by atoms with Gasteiger partial charge in [0.1, 0.15) is 12.1 Å². The molecule has 5 heteroatoms. The summed E-state index contributed by atoms with van der Waals surface area (Å²) >= 11 is 0. The molecule has 0 aromatic carbocycles. The molecule has 21 heavy (non-hydrogen) atoms. The van der Waals surface area contributed by atoms with Crippen LogP contribution in [-0.2, 0) is 14.3 Å². The van der Waals surface area contributed by atoms with Crippen molar-refractivity contribution < 1.29 is 14.3 Å². The average molecular weight is 296 g/mol. The second-order valence-electron chi connectivity index (χ2n) is 6.25. The summed E-state index contributed by atoms with van der Waals surface area (Å²) in [6.45, 7) is 7.48. The highest BCUT2D eigenvalue weighted by atomic mass is 16.5. The van der Waals surface area contributed by atoms with Crippen LogP contribution in [0.15, 0.2) is 0 Å². The van der Waals surface area contributed by atoms with Crippen molar-refractivity contribution in [2.75, 3.05) is 13.2 Å². The van der Waals surface area contributed by atoms with Crippen molar-refractivity contribution in [3.05, 3.63) is 0 Å². The normalized spacial score (nSPS) is 31.4. The predicted octanol–water partition coefficient (Wildman–Crippen LogP) is 1.71. The van der Waals surface area contributed by atoms with Crippen LogP contribution in [-0.4, -0.2) is 48.1 Å². The summed E-state index contributed by atoms with van der Waals surface area (Å²) in [4.78, 5) is 26.8. The van der Waals surface area contributed by atoms with E-state index in [-0.39, 0.29) is 35.9 Å². The van der Waals surface area contributed by atoms with Crippen molar-refractivity contribution in [1.29, 1.82) is 0 Å². The second kappa shape index (κ2) is 7.25. The van der Waals surface area contributed by atoms with Gasteiger partial charge in [-0.3, -0.25) is 9.59 Å². The molecule has 5 nitrogen and oxygen atoms in total. The third-order valence-corrected chi connectivity index (χ3v) is 4.84. The highest BCUT2D eigenvalue weighted by Crippen LogP contribution is 2.22. The summed E-state index contributed by atoms with van der Waals surface area (Å²) in [7, 11) is 0. The molecule has 4 atom stereocenters. The molecule has 2 heterocycles. The lowest BCUT2D eigenvalue weighted by Crippen LogP contribution is -2.65. The summed E-state index contributed by atoms with van der Waals surface area (Å²) in [5, 5.41) is 2.91. The van der Waals surface area contributed by atoms with E-state index in [4.69, 9.17) is 4.74 Å². The maximum absolute atomic E-state index is 12.7. The summed E-state index contributed by atoms with van der Waals surface area (Å²) in [6.07, 6.45) is 4.81. The quantitative estimate of drug-likeness (QED) is 0.812. The van der Waals surface area contributed by atoms with E-state index >= 15 is 0 Å². The Morgan fingerprint density at radius 1 is 1.38 bits per heavy atom. The molecule has 2 fully saturated rings. The van der Waals surface area contributed by atoms with E-state index in [0.29, 0.717) is 13.0 Å². The van der Waals surface area contributed by atoms with Crippen LogP contribution >= 0.6 is 0 Å². The monoisotopic (exact) mass is 296 g/mol. The zero-order valence-corrected chi connectivity index (χ0v) is 13.4. The Balaban J connectivity index is 2.04. The fraction of sp³-hybridized carbons (Fsp3) is 0.875. The van der Waals surface area contributed by atoms with Crippen LogP contribution < -0.4 is 5.32 Å². The van der Waals surface area contributed by atoms with Gasteiger partial charge in [0.25, 0.3) is 0 Å². The van der Waals surface area contributed by atoms with Crippen LogP contribution in [0.2, 0.25) is 0 Å². The molecular weight excluding hydrogens is 268 g/mol. The predicted molar refractivity (Wildman–Crippen MR) is 80.8 cm³/mol. The lowest BCUT2D eigenvalue weighted by atomic mass is 9.93. The zero-order chi connectivity index (χ0) is 15.4. The smallest absolute Gasteiger partial charge is 0.246 e. The van der Waals surface area contributed by atoms with Crippen molar-refractivity contribution in [3.63, 3.8) is 0 Å². The molecule has 4 unspecified atom stereocenters. The van der Waals surface area contributed by atoms with Crippen molar-refractivity contribution in [2.24, 2.45) is 5.92 Å². The second-order valence-corrected chi connectivity index (χ2v) is 6.25. The van der Waals surface area contributed by atoms with Gasteiger partial charge < -0.3 is 15.0 Å². The number of piperazine rings is 1. The number of hydrogen-bond acceptors (Lipinski definition) is 3. The van der Waals surface area contributed by atoms with Gasteiger partial charge in [0, 0.05) is 13.2 Å². The van der Waals surface area contributed by atoms with Crippen molar-refractivity contribution in [1.82, 2.24) is 10.2 Å². The van der Waals surface area contributed by atoms with Crippen LogP contribution in [0.3, 0.4) is 0 Å². The van der Waals surface area contributed by atoms with Crippen LogP contribution in [0.5, 0.6) is 0 Å². The van der Waals surface area contributed by atoms with Gasteiger partial charge in [0.15, 0.2) is 0 Å². The number of hydrogen-bond donors (Lipinski definition) is 1. The van der Waals surface area contributed by atoms with Crippen LogP contribution in [0.1, 0.15) is 52.9 Å². The van der Waals surface area contributed by atoms with Gasteiger partial charge in [0.05, 0.1) is 6.10 Å². The maximum atomic E-state index is 12.7. The minimum Gasteiger partial charge on any atom is -0.378 e. The van der Waals surface area contributed by atoms with E-state index in [1.165, 1.54) is 0 Å². The van der Waals surface area contributed by atoms with Crippen LogP contribution in [0, 0.1) is 5.92 Å². The maximum Gasteiger partial charge on any atom is 0.246 e. The van der Waals surface area contributed by atoms with Gasteiger partial charge in [-0.1, -0.05) is 27.2 Å². The number of nitrogens with one attached hydrogen (secondary N) is 1. The lowest BCUT2D eigenvalue weighted by molar-refractivity contribution is -0.151. The molecule has 0 bridgehead atoms. The molecule has 1 N–H and O–H groups in total. The lowest BCUT2D eigenvalue weighted by Gasteiger charge is -2.40. The Labute approximate surface area is 127 Å². The van der Waals surface area contributed by atoms with Gasteiger partial charge in [0.2, 0.25) is 11.8 Å². The molecule has 2 rings (SSSR count). The number of carbonyl (C=O) groups excluding carboxylic acids is 2. The van der Waals surface area contributed by atoms with E-state index in [1.54, 1.807) is 4.90 Å². The first-order valence-electron chi connectivity index (χ1n) is 8.30. The molecule has 0 aliphatic carbocycles. The average Bonchev–Trinajstić information content (AvgIpc) is 3.00. The SMILES string of the molecule is CCC(C)C1NC(=O)C(CC)N(CCC2CCCO2)C1=O. The number of carbonyl (C=O) groups is 2. The standard InChI is InChI=1S/C16H28N2O3/c1-4-11(3)14-16(20)18(13(5-2)15(19)17-14)9-8-12-7-6-10-21-12/h11-14H,4-10H2,1-3H3,(H,17,19). The molecular formula is C16H28N2O3. The minimum absolute atomic E-state index is 0.00487. The zero-order valence-electron chi connectivity index (χ0n) is 13.4. The third-order valence-electron chi connectivity index (χ3n) is 4.84. The highest BCUT2D eigenvalue weighted by molar-refractivity contribution is 5.97. The van der Waals surface area contributed by atoms with E-state index in [9.17, 15) is 9.59 Å². The van der Waals surface area contributed by atoms with Gasteiger partial charge in [-0.2, -0.15) is 0 Å². The minimum atomic E-state index is -0.366. The molecule has 2 aliphatic heterocycles. The molecule has 0 saturated carbocycles. The topological polar surface area (TPSA) is 58.6 Å². The first-order valence-corrected chi connectivity index (χ1v) is 8.30. The van der Waals surface area contributed by atoms with Crippen molar-refractivity contribution in [2.45, 2.75) is 71.1 Å². The Kier molecular flexibility index (Phi) is 5.62. The van der Waals surface area contributed by atoms with E-state index in [2.05, 4.69) is 5.32 Å². The Morgan fingerprint density at radius 2 is 2.14 bits per heavy atom. The van der Waals surface area contributed by atoms with Gasteiger partial charge in [-0.15, -0.1) is 0 Å². The molecule has 0 aromatic heterocycles. The van der Waals surface area contributed by atoms with Crippen LogP contribution in [0.4, 0.5) is 0 Å². The summed E-state index contributed by atoms with van der Waals surface area (Å²) < 4.78 is 5.63. The van der Waals surface area contributed by atoms with E-state index in [0.717, 1.165) is 32.3 Å². The molecule has 0 aromatic rings. The number of nitrogens with zero attached hydrogens (tertiary/aromatic N) is 1. The van der Waals surface area contributed by atoms with Gasteiger partial charge in [-0.25, -0.2) is 0 Å². The molecule has 0 spiro atoms. The summed E-state index contributed by atoms with van der Waals surface area (Å²) in [5.41, 5.74) is 0. The number of ether oxygens (including phenoxy) is 1. The fourth-order valence-corrected chi connectivity index (χ4v) is 3.23. The Hall–Kier alpha value is -1.10. The summed E-state index contributed by atoms with van der Waals surface area (Å²) in [5.74, 6) is 0.244. The number of amides is 2. The molecule has 2 amide bonds. The summed E-state index contributed by atoms with van der Waals surface area (Å²) in [6, 6.07) is -0.686. The number of rotatable bonds is 6. The molecule has 2 saturated heterocycles. The van der Waals surface area contributed by atoms with Gasteiger partial charge >= 0.3 is 0 Å². The first-order chi connectivity index (χ1) is 10.1. The van der Waals surface area contributed by atoms with Gasteiger partial charge in [-0.05, 0) is 31.6 Å².